The van der Waals surface area contributed by atoms with E-state index in [0.29, 0.717) is 59.0 Å². The molecule has 4 heterocycles. The van der Waals surface area contributed by atoms with Crippen LogP contribution in [0.2, 0.25) is 0 Å². The van der Waals surface area contributed by atoms with Crippen LogP contribution in [-0.4, -0.2) is 61.3 Å². The number of carbonyl (C=O) groups excluding carboxylic acids is 1. The molecule has 1 saturated carbocycles. The molecule has 0 radical (unpaired) electrons. The van der Waals surface area contributed by atoms with Crippen LogP contribution in [0, 0.1) is 17.1 Å². The molecular formula is C29H28FN7O2. The van der Waals surface area contributed by atoms with Gasteiger partial charge in [0, 0.05) is 43.2 Å². The third-order valence-corrected chi connectivity index (χ3v) is 7.24. The number of nitrogens with zero attached hydrogens (tertiary/aromatic N) is 7. The van der Waals surface area contributed by atoms with Crippen molar-refractivity contribution in [2.75, 3.05) is 24.5 Å². The third kappa shape index (κ3) is 4.44. The molecule has 0 atom stereocenters. The second-order valence-electron chi connectivity index (χ2n) is 11.1. The summed E-state index contributed by atoms with van der Waals surface area (Å²) in [4.78, 5) is 30.7. The van der Waals surface area contributed by atoms with Crippen molar-refractivity contribution in [1.29, 1.82) is 5.26 Å². The lowest BCUT2D eigenvalue weighted by Crippen LogP contribution is -2.58. The first-order valence-corrected chi connectivity index (χ1v) is 12.9. The van der Waals surface area contributed by atoms with Gasteiger partial charge in [-0.3, -0.25) is 9.47 Å². The zero-order valence-electron chi connectivity index (χ0n) is 22.1. The number of aromatic nitrogens is 4. The van der Waals surface area contributed by atoms with Gasteiger partial charge < -0.3 is 9.64 Å². The minimum Gasteiger partial charge on any atom is -0.444 e. The number of hydrogen-bond acceptors (Lipinski definition) is 7. The van der Waals surface area contributed by atoms with Gasteiger partial charge in [0.15, 0.2) is 5.65 Å². The van der Waals surface area contributed by atoms with Gasteiger partial charge in [-0.05, 0) is 51.8 Å². The minimum atomic E-state index is -0.572. The van der Waals surface area contributed by atoms with Gasteiger partial charge in [0.05, 0.1) is 22.6 Å². The van der Waals surface area contributed by atoms with E-state index in [9.17, 15) is 10.1 Å². The summed E-state index contributed by atoms with van der Waals surface area (Å²) >= 11 is 0. The first kappa shape index (κ1) is 24.8. The highest BCUT2D eigenvalue weighted by Gasteiger charge is 2.54. The highest BCUT2D eigenvalue weighted by atomic mass is 19.1. The van der Waals surface area contributed by atoms with Crippen molar-refractivity contribution in [2.24, 2.45) is 0 Å². The number of nitriles is 1. The maximum absolute atomic E-state index is 15.1. The molecule has 0 N–H and O–H groups in total. The fourth-order valence-electron chi connectivity index (χ4n) is 5.30. The third-order valence-electron chi connectivity index (χ3n) is 7.24. The van der Waals surface area contributed by atoms with Gasteiger partial charge >= 0.3 is 6.09 Å². The van der Waals surface area contributed by atoms with E-state index >= 15 is 4.39 Å². The van der Waals surface area contributed by atoms with E-state index in [1.54, 1.807) is 47.3 Å². The second-order valence-corrected chi connectivity index (χ2v) is 11.1. The van der Waals surface area contributed by atoms with Crippen LogP contribution in [0.5, 0.6) is 0 Å². The molecule has 1 spiro atoms. The molecule has 6 rings (SSSR count). The van der Waals surface area contributed by atoms with E-state index < -0.39 is 5.60 Å². The molecule has 1 aliphatic carbocycles. The van der Waals surface area contributed by atoms with Gasteiger partial charge in [-0.1, -0.05) is 18.2 Å². The summed E-state index contributed by atoms with van der Waals surface area (Å²) in [5.41, 5.74) is 1.17. The van der Waals surface area contributed by atoms with Gasteiger partial charge in [0.2, 0.25) is 0 Å². The lowest BCUT2D eigenvalue weighted by molar-refractivity contribution is 0.0106. The Labute approximate surface area is 225 Å². The first-order chi connectivity index (χ1) is 18.7. The normalized spacial score (nSPS) is 16.4. The fraction of sp³-hybridized carbons (Fsp3) is 0.345. The first-order valence-electron chi connectivity index (χ1n) is 12.9. The Morgan fingerprint density at radius 3 is 2.62 bits per heavy atom. The SMILES string of the molecule is CC(C)(C)OC(=O)N1CCN(c2ncnc3c2c(-c2ccccc2F)cn3-c2cc(C#N)ccn2)CC12CC2. The molecule has 1 amide bonds. The van der Waals surface area contributed by atoms with Crippen LogP contribution in [0.3, 0.4) is 0 Å². The van der Waals surface area contributed by atoms with Crippen LogP contribution >= 0.6 is 0 Å². The number of pyridine rings is 1. The highest BCUT2D eigenvalue weighted by Crippen LogP contribution is 2.47. The van der Waals surface area contributed by atoms with Crippen LogP contribution in [0.1, 0.15) is 39.2 Å². The number of hydrogen-bond donors (Lipinski definition) is 0. The van der Waals surface area contributed by atoms with E-state index in [2.05, 4.69) is 25.9 Å². The number of anilines is 1. The number of piperazine rings is 1. The summed E-state index contributed by atoms with van der Waals surface area (Å²) in [6, 6.07) is 12.0. The van der Waals surface area contributed by atoms with Crippen LogP contribution < -0.4 is 4.90 Å². The predicted molar refractivity (Wildman–Crippen MR) is 144 cm³/mol. The molecule has 0 unspecified atom stereocenters. The number of amides is 1. The van der Waals surface area contributed by atoms with E-state index in [1.807, 2.05) is 25.7 Å². The zero-order chi connectivity index (χ0) is 27.4. The van der Waals surface area contributed by atoms with Crippen LogP contribution in [0.15, 0.2) is 55.1 Å². The second kappa shape index (κ2) is 9.05. The number of benzene rings is 1. The molecule has 4 aromatic rings. The largest absolute Gasteiger partial charge is 0.444 e. The molecule has 2 fully saturated rings. The summed E-state index contributed by atoms with van der Waals surface area (Å²) < 4.78 is 22.6. The van der Waals surface area contributed by atoms with E-state index in [0.717, 1.165) is 12.8 Å². The summed E-state index contributed by atoms with van der Waals surface area (Å²) in [7, 11) is 0. The molecule has 39 heavy (non-hydrogen) atoms. The monoisotopic (exact) mass is 525 g/mol. The topological polar surface area (TPSA) is 100 Å². The molecule has 1 saturated heterocycles. The molecule has 9 nitrogen and oxygen atoms in total. The van der Waals surface area contributed by atoms with Crippen LogP contribution in [0.4, 0.5) is 15.0 Å². The summed E-state index contributed by atoms with van der Waals surface area (Å²) in [5, 5.41) is 10.1. The van der Waals surface area contributed by atoms with Crippen LogP contribution in [0.25, 0.3) is 28.0 Å². The Balaban J connectivity index is 1.46. The average Bonchev–Trinajstić information content (AvgIpc) is 3.55. The molecule has 2 aliphatic rings. The van der Waals surface area contributed by atoms with E-state index in [1.165, 1.54) is 12.4 Å². The quantitative estimate of drug-likeness (QED) is 0.368. The Morgan fingerprint density at radius 1 is 1.10 bits per heavy atom. The molecule has 0 bridgehead atoms. The summed E-state index contributed by atoms with van der Waals surface area (Å²) in [6.07, 6.45) is 6.32. The highest BCUT2D eigenvalue weighted by molar-refractivity contribution is 6.02. The minimum absolute atomic E-state index is 0.297. The van der Waals surface area contributed by atoms with Crippen molar-refractivity contribution in [1.82, 2.24) is 24.4 Å². The Bertz CT molecular complexity index is 1630. The lowest BCUT2D eigenvalue weighted by Gasteiger charge is -2.43. The Kier molecular flexibility index (Phi) is 5.75. The number of fused-ring (bicyclic) bond motifs is 1. The van der Waals surface area contributed by atoms with Crippen molar-refractivity contribution >= 4 is 22.9 Å². The Morgan fingerprint density at radius 2 is 1.90 bits per heavy atom. The maximum atomic E-state index is 15.1. The van der Waals surface area contributed by atoms with Crippen molar-refractivity contribution in [3.8, 4) is 23.0 Å². The van der Waals surface area contributed by atoms with E-state index in [-0.39, 0.29) is 17.4 Å². The zero-order valence-corrected chi connectivity index (χ0v) is 22.1. The van der Waals surface area contributed by atoms with Crippen LogP contribution in [-0.2, 0) is 4.74 Å². The Hall–Kier alpha value is -4.52. The van der Waals surface area contributed by atoms with Gasteiger partial charge in [0.1, 0.15) is 29.4 Å². The van der Waals surface area contributed by atoms with Crippen molar-refractivity contribution in [3.63, 3.8) is 0 Å². The van der Waals surface area contributed by atoms with Gasteiger partial charge in [0.25, 0.3) is 0 Å². The van der Waals surface area contributed by atoms with Crippen molar-refractivity contribution < 1.29 is 13.9 Å². The number of halogens is 1. The molecular weight excluding hydrogens is 497 g/mol. The molecule has 10 heteroatoms. The van der Waals surface area contributed by atoms with Gasteiger partial charge in [-0.2, -0.15) is 5.26 Å². The predicted octanol–water partition coefficient (Wildman–Crippen LogP) is 5.08. The van der Waals surface area contributed by atoms with Gasteiger partial charge in [-0.15, -0.1) is 0 Å². The molecule has 1 aliphatic heterocycles. The molecule has 3 aromatic heterocycles. The smallest absolute Gasteiger partial charge is 0.410 e. The number of ether oxygens (including phenoxy) is 1. The molecule has 1 aromatic carbocycles. The summed E-state index contributed by atoms with van der Waals surface area (Å²) in [6.45, 7) is 7.22. The maximum Gasteiger partial charge on any atom is 0.410 e. The number of carbonyl (C=O) groups is 1. The summed E-state index contributed by atoms with van der Waals surface area (Å²) in [5.74, 6) is 0.807. The lowest BCUT2D eigenvalue weighted by atomic mass is 10.0. The van der Waals surface area contributed by atoms with Crippen molar-refractivity contribution in [2.45, 2.75) is 44.8 Å². The van der Waals surface area contributed by atoms with E-state index in [4.69, 9.17) is 4.74 Å². The standard InChI is InChI=1S/C29H28FN7O2/c1-28(2,3)39-27(38)37-13-12-35(17-29(37)9-10-29)25-24-21(20-6-4-5-7-22(20)30)16-36(26(24)34-18-33-25)23-14-19(15-31)8-11-32-23/h4-8,11,14,16,18H,9-10,12-13,17H2,1-3H3. The fourth-order valence-corrected chi connectivity index (χ4v) is 5.30. The molecule has 198 valence electrons. The van der Waals surface area contributed by atoms with Gasteiger partial charge in [-0.25, -0.2) is 24.1 Å². The van der Waals surface area contributed by atoms with Crippen molar-refractivity contribution in [3.05, 3.63) is 66.5 Å². The number of rotatable bonds is 3. The average molecular weight is 526 g/mol.